The second-order valence-corrected chi connectivity index (χ2v) is 4.62. The molecule has 0 bridgehead atoms. The van der Waals surface area contributed by atoms with Gasteiger partial charge in [0.25, 0.3) is 0 Å². The molecule has 1 aromatic carbocycles. The molecule has 0 saturated carbocycles. The van der Waals surface area contributed by atoms with E-state index < -0.39 is 0 Å². The van der Waals surface area contributed by atoms with Crippen molar-refractivity contribution in [1.29, 1.82) is 5.26 Å². The molecule has 1 heterocycles. The van der Waals surface area contributed by atoms with Crippen LogP contribution in [0.3, 0.4) is 0 Å². The Labute approximate surface area is 101 Å². The highest BCUT2D eigenvalue weighted by Crippen LogP contribution is 2.27. The van der Waals surface area contributed by atoms with Crippen LogP contribution in [0.5, 0.6) is 0 Å². The third-order valence-electron chi connectivity index (χ3n) is 3.43. The molecule has 3 N–H and O–H groups in total. The Morgan fingerprint density at radius 3 is 2.94 bits per heavy atom. The molecule has 4 heteroatoms. The normalized spacial score (nSPS) is 21.2. The zero-order chi connectivity index (χ0) is 12.4. The van der Waals surface area contributed by atoms with Crippen LogP contribution in [0, 0.1) is 17.2 Å². The van der Waals surface area contributed by atoms with E-state index in [2.05, 4.69) is 11.0 Å². The first kappa shape index (κ1) is 11.7. The van der Waals surface area contributed by atoms with E-state index in [1.807, 2.05) is 19.1 Å². The molecule has 0 radical (unpaired) electrons. The number of nitrogens with two attached hydrogens (primary N) is 1. The van der Waals surface area contributed by atoms with Gasteiger partial charge < -0.3 is 15.7 Å². The van der Waals surface area contributed by atoms with Crippen molar-refractivity contribution in [1.82, 2.24) is 0 Å². The summed E-state index contributed by atoms with van der Waals surface area (Å²) in [7, 11) is 0. The number of anilines is 2. The lowest BCUT2D eigenvalue weighted by molar-refractivity contribution is 0.136. The maximum Gasteiger partial charge on any atom is 0.101 e. The van der Waals surface area contributed by atoms with Crippen LogP contribution in [0.4, 0.5) is 11.4 Å². The minimum Gasteiger partial charge on any atom is -0.398 e. The SMILES string of the molecule is CC(O)C1CCN(c2ccc(N)c(C#N)c2)C1. The van der Waals surface area contributed by atoms with Gasteiger partial charge in [-0.15, -0.1) is 0 Å². The zero-order valence-electron chi connectivity index (χ0n) is 9.93. The fourth-order valence-corrected chi connectivity index (χ4v) is 2.25. The number of aliphatic hydroxyl groups is 1. The van der Waals surface area contributed by atoms with E-state index in [0.717, 1.165) is 25.2 Å². The van der Waals surface area contributed by atoms with Crippen LogP contribution in [0.25, 0.3) is 0 Å². The molecule has 2 unspecified atom stereocenters. The summed E-state index contributed by atoms with van der Waals surface area (Å²) in [5.41, 5.74) is 7.74. The molecule has 1 aliphatic heterocycles. The van der Waals surface area contributed by atoms with E-state index in [1.165, 1.54) is 0 Å². The Bertz CT molecular complexity index is 450. The number of rotatable bonds is 2. The molecule has 2 rings (SSSR count). The van der Waals surface area contributed by atoms with Crippen LogP contribution in [-0.4, -0.2) is 24.3 Å². The Hall–Kier alpha value is -1.73. The number of hydrogen-bond donors (Lipinski definition) is 2. The molecule has 1 fully saturated rings. The number of hydrogen-bond acceptors (Lipinski definition) is 4. The van der Waals surface area contributed by atoms with E-state index >= 15 is 0 Å². The second-order valence-electron chi connectivity index (χ2n) is 4.62. The lowest BCUT2D eigenvalue weighted by Crippen LogP contribution is -2.23. The molecule has 2 atom stereocenters. The molecule has 90 valence electrons. The second kappa shape index (κ2) is 4.64. The van der Waals surface area contributed by atoms with Crippen molar-refractivity contribution in [2.45, 2.75) is 19.4 Å². The van der Waals surface area contributed by atoms with Crippen molar-refractivity contribution in [3.8, 4) is 6.07 Å². The fraction of sp³-hybridized carbons (Fsp3) is 0.462. The van der Waals surface area contributed by atoms with E-state index in [9.17, 15) is 5.11 Å². The molecule has 1 aromatic rings. The molecule has 1 aliphatic rings. The van der Waals surface area contributed by atoms with Crippen LogP contribution in [0.15, 0.2) is 18.2 Å². The molecule has 1 saturated heterocycles. The minimum atomic E-state index is -0.274. The number of nitrogen functional groups attached to an aromatic ring is 1. The third-order valence-corrected chi connectivity index (χ3v) is 3.43. The van der Waals surface area contributed by atoms with E-state index in [-0.39, 0.29) is 6.10 Å². The summed E-state index contributed by atoms with van der Waals surface area (Å²) in [4.78, 5) is 2.19. The quantitative estimate of drug-likeness (QED) is 0.753. The monoisotopic (exact) mass is 231 g/mol. The van der Waals surface area contributed by atoms with Gasteiger partial charge in [0, 0.05) is 30.4 Å². The average Bonchev–Trinajstić information content (AvgIpc) is 2.79. The first-order chi connectivity index (χ1) is 8.11. The van der Waals surface area contributed by atoms with Crippen LogP contribution < -0.4 is 10.6 Å². The van der Waals surface area contributed by atoms with Crippen LogP contribution >= 0.6 is 0 Å². The van der Waals surface area contributed by atoms with Crippen molar-refractivity contribution in [2.75, 3.05) is 23.7 Å². The summed E-state index contributed by atoms with van der Waals surface area (Å²) < 4.78 is 0. The lowest BCUT2D eigenvalue weighted by Gasteiger charge is -2.20. The predicted octanol–water partition coefficient (Wildman–Crippen LogP) is 1.35. The summed E-state index contributed by atoms with van der Waals surface area (Å²) >= 11 is 0. The van der Waals surface area contributed by atoms with Gasteiger partial charge in [-0.25, -0.2) is 0 Å². The van der Waals surface area contributed by atoms with Crippen molar-refractivity contribution in [3.05, 3.63) is 23.8 Å². The van der Waals surface area contributed by atoms with Gasteiger partial charge in [0.1, 0.15) is 6.07 Å². The first-order valence-electron chi connectivity index (χ1n) is 5.84. The highest BCUT2D eigenvalue weighted by Gasteiger charge is 2.26. The molecule has 0 amide bonds. The summed E-state index contributed by atoms with van der Waals surface area (Å²) in [6.07, 6.45) is 0.716. The molecular formula is C13H17N3O. The first-order valence-corrected chi connectivity index (χ1v) is 5.84. The smallest absolute Gasteiger partial charge is 0.101 e. The molecule has 0 aliphatic carbocycles. The van der Waals surface area contributed by atoms with Crippen LogP contribution in [0.2, 0.25) is 0 Å². The third kappa shape index (κ3) is 2.34. The number of nitriles is 1. The fourth-order valence-electron chi connectivity index (χ4n) is 2.25. The highest BCUT2D eigenvalue weighted by molar-refractivity contribution is 5.63. The lowest BCUT2D eigenvalue weighted by atomic mass is 10.0. The van der Waals surface area contributed by atoms with Gasteiger partial charge in [-0.3, -0.25) is 0 Å². The van der Waals surface area contributed by atoms with Gasteiger partial charge in [-0.2, -0.15) is 5.26 Å². The minimum absolute atomic E-state index is 0.274. The Kier molecular flexibility index (Phi) is 3.21. The van der Waals surface area contributed by atoms with Crippen molar-refractivity contribution in [3.63, 3.8) is 0 Å². The summed E-state index contributed by atoms with van der Waals surface area (Å²) in [6, 6.07) is 7.61. The van der Waals surface area contributed by atoms with Gasteiger partial charge in [0.05, 0.1) is 11.7 Å². The Morgan fingerprint density at radius 2 is 2.35 bits per heavy atom. The topological polar surface area (TPSA) is 73.3 Å². The van der Waals surface area contributed by atoms with Crippen molar-refractivity contribution in [2.24, 2.45) is 5.92 Å². The van der Waals surface area contributed by atoms with Gasteiger partial charge in [0.2, 0.25) is 0 Å². The number of nitrogens with zero attached hydrogens (tertiary/aromatic N) is 2. The average molecular weight is 231 g/mol. The zero-order valence-corrected chi connectivity index (χ0v) is 9.93. The van der Waals surface area contributed by atoms with Crippen molar-refractivity contribution >= 4 is 11.4 Å². The van der Waals surface area contributed by atoms with Gasteiger partial charge in [-0.1, -0.05) is 0 Å². The summed E-state index contributed by atoms with van der Waals surface area (Å²) in [6.45, 7) is 3.59. The predicted molar refractivity (Wildman–Crippen MR) is 67.6 cm³/mol. The Morgan fingerprint density at radius 1 is 1.59 bits per heavy atom. The maximum atomic E-state index is 9.56. The van der Waals surface area contributed by atoms with Crippen LogP contribution in [-0.2, 0) is 0 Å². The van der Waals surface area contributed by atoms with E-state index in [1.54, 1.807) is 6.07 Å². The van der Waals surface area contributed by atoms with Gasteiger partial charge >= 0.3 is 0 Å². The molecule has 4 nitrogen and oxygen atoms in total. The highest BCUT2D eigenvalue weighted by atomic mass is 16.3. The number of aliphatic hydroxyl groups excluding tert-OH is 1. The largest absolute Gasteiger partial charge is 0.398 e. The molecular weight excluding hydrogens is 214 g/mol. The standard InChI is InChI=1S/C13H17N3O/c1-9(17)10-4-5-16(8-10)12-2-3-13(15)11(6-12)7-14/h2-3,6,9-10,17H,4-5,8,15H2,1H3. The summed E-state index contributed by atoms with van der Waals surface area (Å²) in [5.74, 6) is 0.318. The molecule has 0 aromatic heterocycles. The van der Waals surface area contributed by atoms with E-state index in [4.69, 9.17) is 11.0 Å². The van der Waals surface area contributed by atoms with E-state index in [0.29, 0.717) is 17.2 Å². The van der Waals surface area contributed by atoms with Crippen molar-refractivity contribution < 1.29 is 5.11 Å². The van der Waals surface area contributed by atoms with Gasteiger partial charge in [0.15, 0.2) is 0 Å². The maximum absolute atomic E-state index is 9.56. The molecule has 17 heavy (non-hydrogen) atoms. The molecule has 0 spiro atoms. The summed E-state index contributed by atoms with van der Waals surface area (Å²) in [5, 5.41) is 18.5. The number of benzene rings is 1. The van der Waals surface area contributed by atoms with Gasteiger partial charge in [-0.05, 0) is 31.5 Å². The van der Waals surface area contributed by atoms with Crippen LogP contribution in [0.1, 0.15) is 18.9 Å². The Balaban J connectivity index is 2.17.